The van der Waals surface area contributed by atoms with E-state index in [0.29, 0.717) is 0 Å². The van der Waals surface area contributed by atoms with Crippen molar-refractivity contribution in [2.45, 2.75) is 58.8 Å². The third-order valence-electron chi connectivity index (χ3n) is 9.66. The van der Waals surface area contributed by atoms with Crippen LogP contribution in [-0.2, 0) is 17.3 Å². The number of anilines is 3. The number of hydrogen-bond acceptors (Lipinski definition) is 2. The largest absolute Gasteiger partial charge is 0.453 e. The summed E-state index contributed by atoms with van der Waals surface area (Å²) in [7, 11) is 0. The molecular formula is C34H34BrNO. The van der Waals surface area contributed by atoms with Gasteiger partial charge in [-0.15, -0.1) is 0 Å². The molecule has 4 aromatic carbocycles. The van der Waals surface area contributed by atoms with Gasteiger partial charge in [-0.2, -0.15) is 0 Å². The molecule has 0 radical (unpaired) electrons. The topological polar surface area (TPSA) is 12.5 Å². The molecule has 0 spiro atoms. The van der Waals surface area contributed by atoms with Crippen molar-refractivity contribution in [2.75, 3.05) is 4.90 Å². The first-order valence-electron chi connectivity index (χ1n) is 13.1. The van der Waals surface area contributed by atoms with Gasteiger partial charge in [-0.05, 0) is 87.4 Å². The number of benzene rings is 4. The van der Waals surface area contributed by atoms with Crippen LogP contribution < -0.4 is 9.64 Å². The molecule has 2 aliphatic rings. The van der Waals surface area contributed by atoms with E-state index in [1.807, 2.05) is 12.1 Å². The molecule has 0 aromatic heterocycles. The van der Waals surface area contributed by atoms with Crippen LogP contribution in [0.1, 0.15) is 63.8 Å². The number of rotatable bonds is 3. The Morgan fingerprint density at radius 2 is 1.30 bits per heavy atom. The molecule has 0 amide bonds. The summed E-state index contributed by atoms with van der Waals surface area (Å²) >= 11 is 3.93. The van der Waals surface area contributed by atoms with E-state index in [4.69, 9.17) is 4.74 Å². The van der Waals surface area contributed by atoms with Crippen molar-refractivity contribution in [2.24, 2.45) is 5.41 Å². The van der Waals surface area contributed by atoms with E-state index in [1.165, 1.54) is 26.7 Å². The molecule has 6 rings (SSSR count). The molecule has 4 aromatic rings. The number of para-hydroxylation sites is 3. The maximum absolute atomic E-state index is 6.45. The Morgan fingerprint density at radius 3 is 2.03 bits per heavy atom. The molecule has 0 saturated heterocycles. The van der Waals surface area contributed by atoms with Gasteiger partial charge in [0.1, 0.15) is 0 Å². The first-order valence-corrected chi connectivity index (χ1v) is 13.9. The molecule has 0 saturated carbocycles. The van der Waals surface area contributed by atoms with E-state index in [-0.39, 0.29) is 16.2 Å². The van der Waals surface area contributed by atoms with Gasteiger partial charge >= 0.3 is 0 Å². The van der Waals surface area contributed by atoms with Crippen LogP contribution in [0.4, 0.5) is 17.1 Å². The fourth-order valence-electron chi connectivity index (χ4n) is 6.23. The Kier molecular flexibility index (Phi) is 5.41. The highest BCUT2D eigenvalue weighted by atomic mass is 79.9. The smallest absolute Gasteiger partial charge is 0.151 e. The van der Waals surface area contributed by atoms with Crippen molar-refractivity contribution in [3.63, 3.8) is 0 Å². The highest BCUT2D eigenvalue weighted by molar-refractivity contribution is 9.10. The van der Waals surface area contributed by atoms with Crippen molar-refractivity contribution >= 4 is 33.0 Å². The number of halogens is 1. The Labute approximate surface area is 229 Å². The van der Waals surface area contributed by atoms with Gasteiger partial charge in [0.2, 0.25) is 0 Å². The van der Waals surface area contributed by atoms with E-state index in [9.17, 15) is 0 Å². The SMILES string of the molecule is CC1(C)c2cc(Br)c(Cc3ccc4c(c3)Oc3ccccc3N4c3ccccc3)cc2C(C)(C)C1(C)C. The summed E-state index contributed by atoms with van der Waals surface area (Å²) in [6.07, 6.45) is 0.842. The molecule has 1 heterocycles. The van der Waals surface area contributed by atoms with Crippen molar-refractivity contribution in [1.82, 2.24) is 0 Å². The molecule has 0 unspecified atom stereocenters. The Balaban J connectivity index is 1.40. The molecule has 0 fully saturated rings. The van der Waals surface area contributed by atoms with Gasteiger partial charge in [0.15, 0.2) is 11.5 Å². The molecule has 3 heteroatoms. The minimum absolute atomic E-state index is 0.0835. The zero-order valence-corrected chi connectivity index (χ0v) is 24.1. The summed E-state index contributed by atoms with van der Waals surface area (Å²) in [5.74, 6) is 1.76. The summed E-state index contributed by atoms with van der Waals surface area (Å²) in [6, 6.07) is 30.2. The molecule has 0 N–H and O–H groups in total. The standard InChI is InChI=1S/C34H34BrNO/c1-32(2)25-20-23(27(35)21-26(25)33(3,4)34(32,5)6)18-22-16-17-29-31(19-22)37-30-15-11-10-14-28(30)36(29)24-12-8-7-9-13-24/h7-17,19-21H,18H2,1-6H3. The summed E-state index contributed by atoms with van der Waals surface area (Å²) in [6.45, 7) is 14.4. The molecule has 2 nitrogen and oxygen atoms in total. The van der Waals surface area contributed by atoms with Gasteiger partial charge in [0.25, 0.3) is 0 Å². The second-order valence-corrected chi connectivity index (χ2v) is 12.9. The third-order valence-corrected chi connectivity index (χ3v) is 10.4. The lowest BCUT2D eigenvalue weighted by molar-refractivity contribution is 0.125. The van der Waals surface area contributed by atoms with Crippen LogP contribution in [0.3, 0.4) is 0 Å². The molecular weight excluding hydrogens is 518 g/mol. The van der Waals surface area contributed by atoms with Gasteiger partial charge in [-0.3, -0.25) is 0 Å². The monoisotopic (exact) mass is 551 g/mol. The summed E-state index contributed by atoms with van der Waals surface area (Å²) in [5, 5.41) is 0. The molecule has 0 atom stereocenters. The fraction of sp³-hybridized carbons (Fsp3) is 0.294. The zero-order valence-electron chi connectivity index (χ0n) is 22.5. The average molecular weight is 553 g/mol. The summed E-state index contributed by atoms with van der Waals surface area (Å²) in [4.78, 5) is 2.29. The van der Waals surface area contributed by atoms with E-state index in [2.05, 4.69) is 135 Å². The van der Waals surface area contributed by atoms with Crippen molar-refractivity contribution < 1.29 is 4.74 Å². The Morgan fingerprint density at radius 1 is 0.676 bits per heavy atom. The van der Waals surface area contributed by atoms with Crippen LogP contribution in [0.15, 0.2) is 89.4 Å². The number of ether oxygens (including phenoxy) is 1. The third kappa shape index (κ3) is 3.50. The lowest BCUT2D eigenvalue weighted by Crippen LogP contribution is -2.42. The highest BCUT2D eigenvalue weighted by Crippen LogP contribution is 2.62. The second-order valence-electron chi connectivity index (χ2n) is 12.1. The number of hydrogen-bond donors (Lipinski definition) is 0. The maximum Gasteiger partial charge on any atom is 0.151 e. The summed E-state index contributed by atoms with van der Waals surface area (Å²) in [5.41, 5.74) is 9.06. The van der Waals surface area contributed by atoms with Crippen LogP contribution >= 0.6 is 15.9 Å². The van der Waals surface area contributed by atoms with E-state index in [1.54, 1.807) is 0 Å². The average Bonchev–Trinajstić information content (AvgIpc) is 2.97. The van der Waals surface area contributed by atoms with Crippen molar-refractivity contribution in [1.29, 1.82) is 0 Å². The fourth-order valence-corrected chi connectivity index (χ4v) is 6.71. The van der Waals surface area contributed by atoms with E-state index < -0.39 is 0 Å². The number of fused-ring (bicyclic) bond motifs is 3. The van der Waals surface area contributed by atoms with Gasteiger partial charge in [0.05, 0.1) is 11.4 Å². The minimum atomic E-state index is 0.0835. The first kappa shape index (κ1) is 24.3. The predicted molar refractivity (Wildman–Crippen MR) is 158 cm³/mol. The van der Waals surface area contributed by atoms with E-state index >= 15 is 0 Å². The van der Waals surface area contributed by atoms with Crippen LogP contribution in [0.5, 0.6) is 11.5 Å². The Hall–Kier alpha value is -3.04. The van der Waals surface area contributed by atoms with Gasteiger partial charge in [0, 0.05) is 10.2 Å². The van der Waals surface area contributed by atoms with E-state index in [0.717, 1.165) is 35.0 Å². The first-order chi connectivity index (χ1) is 17.5. The van der Waals surface area contributed by atoms with Crippen molar-refractivity contribution in [3.8, 4) is 11.5 Å². The van der Waals surface area contributed by atoms with Crippen LogP contribution in [-0.4, -0.2) is 0 Å². The highest BCUT2D eigenvalue weighted by Gasteiger charge is 2.56. The second kappa shape index (κ2) is 8.23. The normalized spacial score (nSPS) is 18.0. The van der Waals surface area contributed by atoms with Gasteiger partial charge in [-0.1, -0.05) is 99.9 Å². The van der Waals surface area contributed by atoms with Crippen LogP contribution in [0, 0.1) is 5.41 Å². The lowest BCUT2D eigenvalue weighted by Gasteiger charge is -2.44. The zero-order chi connectivity index (χ0) is 26.2. The minimum Gasteiger partial charge on any atom is -0.453 e. The molecule has 188 valence electrons. The Bertz CT molecular complexity index is 1520. The molecule has 0 bridgehead atoms. The molecule has 37 heavy (non-hydrogen) atoms. The van der Waals surface area contributed by atoms with Crippen molar-refractivity contribution in [3.05, 3.63) is 112 Å². The molecule has 1 aliphatic carbocycles. The molecule has 1 aliphatic heterocycles. The predicted octanol–water partition coefficient (Wildman–Crippen LogP) is 10.2. The number of nitrogens with zero attached hydrogens (tertiary/aromatic N) is 1. The van der Waals surface area contributed by atoms with Gasteiger partial charge in [-0.25, -0.2) is 0 Å². The lowest BCUT2D eigenvalue weighted by atomic mass is 9.59. The summed E-state index contributed by atoms with van der Waals surface area (Å²) < 4.78 is 7.63. The van der Waals surface area contributed by atoms with Crippen LogP contribution in [0.25, 0.3) is 0 Å². The van der Waals surface area contributed by atoms with Crippen LogP contribution in [0.2, 0.25) is 0 Å². The maximum atomic E-state index is 6.45. The quantitative estimate of drug-likeness (QED) is 0.221. The van der Waals surface area contributed by atoms with Gasteiger partial charge < -0.3 is 9.64 Å².